The number of nitro groups is 1. The lowest BCUT2D eigenvalue weighted by atomic mass is 10.1. The lowest BCUT2D eigenvalue weighted by Crippen LogP contribution is -2.32. The Kier molecular flexibility index (Phi) is 5.86. The molecule has 0 saturated carbocycles. The lowest BCUT2D eigenvalue weighted by molar-refractivity contribution is -0.384. The highest BCUT2D eigenvalue weighted by Gasteiger charge is 2.11. The Hall–Kier alpha value is -2.22. The van der Waals surface area contributed by atoms with Crippen molar-refractivity contribution < 1.29 is 10.0 Å². The number of hydrogen-bond acceptors (Lipinski definition) is 4. The lowest BCUT2D eigenvalue weighted by Gasteiger charge is -2.15. The molecule has 2 aromatic carbocycles. The molecule has 3 N–H and O–H groups in total. The van der Waals surface area contributed by atoms with Gasteiger partial charge in [0.25, 0.3) is 5.69 Å². The molecule has 0 aliphatic carbocycles. The van der Waals surface area contributed by atoms with Crippen LogP contribution in [0.2, 0.25) is 5.02 Å². The molecule has 0 aliphatic heterocycles. The van der Waals surface area contributed by atoms with E-state index in [-0.39, 0.29) is 12.2 Å². The van der Waals surface area contributed by atoms with Crippen LogP contribution in [0.4, 0.5) is 11.4 Å². The van der Waals surface area contributed by atoms with E-state index < -0.39 is 11.0 Å². The summed E-state index contributed by atoms with van der Waals surface area (Å²) < 4.78 is 0. The molecule has 2 rings (SSSR count). The fraction of sp³-hybridized carbons (Fsp3) is 0.133. The summed E-state index contributed by atoms with van der Waals surface area (Å²) in [5.74, 6) is 0. The highest BCUT2D eigenvalue weighted by molar-refractivity contribution is 7.80. The van der Waals surface area contributed by atoms with Gasteiger partial charge < -0.3 is 15.7 Å². The number of benzene rings is 2. The molecule has 2 aromatic rings. The van der Waals surface area contributed by atoms with Crippen molar-refractivity contribution in [1.29, 1.82) is 0 Å². The van der Waals surface area contributed by atoms with Gasteiger partial charge in [0, 0.05) is 29.4 Å². The number of anilines is 1. The van der Waals surface area contributed by atoms with Crippen LogP contribution in [0.15, 0.2) is 48.5 Å². The minimum atomic E-state index is -0.833. The number of nitro benzene ring substituents is 1. The SMILES string of the molecule is O=[N+]([O-])c1ccc([C@H](O)CNC(=S)Nc2ccc(Cl)cc2)cc1. The maximum atomic E-state index is 10.6. The smallest absolute Gasteiger partial charge is 0.269 e. The average Bonchev–Trinajstić information content (AvgIpc) is 2.55. The Morgan fingerprint density at radius 2 is 1.83 bits per heavy atom. The summed E-state index contributed by atoms with van der Waals surface area (Å²) in [4.78, 5) is 10.1. The molecular formula is C15H14ClN3O3S. The van der Waals surface area contributed by atoms with Gasteiger partial charge in [0.1, 0.15) is 0 Å². The summed E-state index contributed by atoms with van der Waals surface area (Å²) in [5.41, 5.74) is 1.32. The Labute approximate surface area is 143 Å². The van der Waals surface area contributed by atoms with Gasteiger partial charge >= 0.3 is 0 Å². The monoisotopic (exact) mass is 351 g/mol. The van der Waals surface area contributed by atoms with Gasteiger partial charge in [-0.2, -0.15) is 0 Å². The second-order valence-electron chi connectivity index (χ2n) is 4.71. The van der Waals surface area contributed by atoms with E-state index in [0.717, 1.165) is 5.69 Å². The highest BCUT2D eigenvalue weighted by Crippen LogP contribution is 2.17. The molecule has 0 spiro atoms. The van der Waals surface area contributed by atoms with E-state index in [1.165, 1.54) is 24.3 Å². The van der Waals surface area contributed by atoms with Crippen molar-refractivity contribution in [3.63, 3.8) is 0 Å². The summed E-state index contributed by atoms with van der Waals surface area (Å²) in [6.45, 7) is 0.178. The summed E-state index contributed by atoms with van der Waals surface area (Å²) >= 11 is 10.9. The van der Waals surface area contributed by atoms with Crippen molar-refractivity contribution in [3.05, 3.63) is 69.2 Å². The number of aliphatic hydroxyl groups excluding tert-OH is 1. The first-order valence-electron chi connectivity index (χ1n) is 6.68. The van der Waals surface area contributed by atoms with Crippen LogP contribution in [0.5, 0.6) is 0 Å². The third-order valence-electron chi connectivity index (χ3n) is 3.05. The largest absolute Gasteiger partial charge is 0.387 e. The number of nitrogens with one attached hydrogen (secondary N) is 2. The minimum absolute atomic E-state index is 0.0196. The van der Waals surface area contributed by atoms with Crippen molar-refractivity contribution in [1.82, 2.24) is 5.32 Å². The van der Waals surface area contributed by atoms with E-state index in [1.807, 2.05) is 0 Å². The number of rotatable bonds is 5. The normalized spacial score (nSPS) is 11.6. The van der Waals surface area contributed by atoms with Crippen LogP contribution in [-0.4, -0.2) is 21.7 Å². The first kappa shape index (κ1) is 17.1. The Morgan fingerprint density at radius 1 is 1.22 bits per heavy atom. The molecule has 0 saturated heterocycles. The van der Waals surface area contributed by atoms with E-state index >= 15 is 0 Å². The second-order valence-corrected chi connectivity index (χ2v) is 5.55. The van der Waals surface area contributed by atoms with Gasteiger partial charge in [-0.05, 0) is 54.2 Å². The van der Waals surface area contributed by atoms with Gasteiger partial charge in [-0.15, -0.1) is 0 Å². The van der Waals surface area contributed by atoms with E-state index in [4.69, 9.17) is 23.8 Å². The number of aliphatic hydroxyl groups is 1. The van der Waals surface area contributed by atoms with E-state index in [9.17, 15) is 15.2 Å². The second kappa shape index (κ2) is 7.87. The van der Waals surface area contributed by atoms with Crippen molar-refractivity contribution in [2.24, 2.45) is 0 Å². The minimum Gasteiger partial charge on any atom is -0.387 e. The zero-order valence-corrected chi connectivity index (χ0v) is 13.5. The van der Waals surface area contributed by atoms with Gasteiger partial charge in [-0.3, -0.25) is 10.1 Å². The molecule has 0 unspecified atom stereocenters. The number of non-ortho nitro benzene ring substituents is 1. The number of nitrogens with zero attached hydrogens (tertiary/aromatic N) is 1. The summed E-state index contributed by atoms with van der Waals surface area (Å²) in [5, 5.41) is 27.5. The van der Waals surface area contributed by atoms with Crippen molar-refractivity contribution in [3.8, 4) is 0 Å². The zero-order valence-electron chi connectivity index (χ0n) is 11.9. The van der Waals surface area contributed by atoms with Crippen LogP contribution < -0.4 is 10.6 Å². The zero-order chi connectivity index (χ0) is 16.8. The molecular weight excluding hydrogens is 338 g/mol. The Bertz CT molecular complexity index is 692. The van der Waals surface area contributed by atoms with Crippen molar-refractivity contribution in [2.75, 3.05) is 11.9 Å². The van der Waals surface area contributed by atoms with Crippen LogP contribution in [0.3, 0.4) is 0 Å². The third-order valence-corrected chi connectivity index (χ3v) is 3.55. The predicted octanol–water partition coefficient (Wildman–Crippen LogP) is 3.27. The van der Waals surface area contributed by atoms with Gasteiger partial charge in [0.15, 0.2) is 5.11 Å². The van der Waals surface area contributed by atoms with Crippen LogP contribution in [-0.2, 0) is 0 Å². The molecule has 0 heterocycles. The molecule has 0 aliphatic rings. The van der Waals surface area contributed by atoms with Gasteiger partial charge in [0.05, 0.1) is 11.0 Å². The van der Waals surface area contributed by atoms with E-state index in [2.05, 4.69) is 10.6 Å². The first-order chi connectivity index (χ1) is 11.0. The molecule has 23 heavy (non-hydrogen) atoms. The first-order valence-corrected chi connectivity index (χ1v) is 7.47. The van der Waals surface area contributed by atoms with Crippen LogP contribution in [0, 0.1) is 10.1 Å². The molecule has 0 amide bonds. The van der Waals surface area contributed by atoms with Crippen LogP contribution in [0.1, 0.15) is 11.7 Å². The molecule has 120 valence electrons. The molecule has 6 nitrogen and oxygen atoms in total. The maximum Gasteiger partial charge on any atom is 0.269 e. The maximum absolute atomic E-state index is 10.6. The number of hydrogen-bond donors (Lipinski definition) is 3. The Morgan fingerprint density at radius 3 is 2.39 bits per heavy atom. The summed E-state index contributed by atoms with van der Waals surface area (Å²) in [6.07, 6.45) is -0.833. The molecule has 0 bridgehead atoms. The topological polar surface area (TPSA) is 87.4 Å². The Balaban J connectivity index is 1.85. The van der Waals surface area contributed by atoms with E-state index in [1.54, 1.807) is 24.3 Å². The number of halogens is 1. The predicted molar refractivity (Wildman–Crippen MR) is 93.7 cm³/mol. The van der Waals surface area contributed by atoms with Crippen molar-refractivity contribution >= 4 is 40.3 Å². The highest BCUT2D eigenvalue weighted by atomic mass is 35.5. The number of thiocarbonyl (C=S) groups is 1. The molecule has 0 aromatic heterocycles. The summed E-state index contributed by atoms with van der Waals surface area (Å²) in [7, 11) is 0. The van der Waals surface area contributed by atoms with Crippen LogP contribution in [0.25, 0.3) is 0 Å². The fourth-order valence-corrected chi connectivity index (χ4v) is 2.16. The van der Waals surface area contributed by atoms with Gasteiger partial charge in [-0.25, -0.2) is 0 Å². The molecule has 1 atom stereocenters. The molecule has 0 radical (unpaired) electrons. The fourth-order valence-electron chi connectivity index (χ4n) is 1.83. The average molecular weight is 352 g/mol. The van der Waals surface area contributed by atoms with E-state index in [0.29, 0.717) is 15.7 Å². The standard InChI is InChI=1S/C15H14ClN3O3S/c16-11-3-5-12(6-4-11)18-15(23)17-9-14(20)10-1-7-13(8-2-10)19(21)22/h1-8,14,20H,9H2,(H2,17,18,23)/t14-/m1/s1. The van der Waals surface area contributed by atoms with Gasteiger partial charge in [-0.1, -0.05) is 11.6 Å². The van der Waals surface area contributed by atoms with Crippen molar-refractivity contribution in [2.45, 2.75) is 6.10 Å². The molecule has 8 heteroatoms. The van der Waals surface area contributed by atoms with Gasteiger partial charge in [0.2, 0.25) is 0 Å². The summed E-state index contributed by atoms with van der Waals surface area (Å²) in [6, 6.07) is 12.8. The van der Waals surface area contributed by atoms with Crippen LogP contribution >= 0.6 is 23.8 Å². The quantitative estimate of drug-likeness (QED) is 0.435. The third kappa shape index (κ3) is 5.17. The molecule has 0 fully saturated rings.